The van der Waals surface area contributed by atoms with Gasteiger partial charge >= 0.3 is 0 Å². The Kier molecular flexibility index (Phi) is 5.23. The third kappa shape index (κ3) is 3.32. The normalized spacial score (nSPS) is 13.4. The van der Waals surface area contributed by atoms with Crippen LogP contribution < -0.4 is 14.8 Å². The zero-order chi connectivity index (χ0) is 16.9. The first-order valence-electron chi connectivity index (χ1n) is 8.69. The number of nitrogens with zero attached hydrogens (tertiary/aromatic N) is 2. The molecule has 0 fully saturated rings. The molecule has 0 spiro atoms. The maximum absolute atomic E-state index is 11.8. The van der Waals surface area contributed by atoms with E-state index in [1.165, 1.54) is 0 Å². The first kappa shape index (κ1) is 16.6. The average Bonchev–Trinajstić information content (AvgIpc) is 2.93. The molecule has 24 heavy (non-hydrogen) atoms. The molecule has 0 aliphatic carbocycles. The summed E-state index contributed by atoms with van der Waals surface area (Å²) in [7, 11) is 1.62. The predicted molar refractivity (Wildman–Crippen MR) is 92.6 cm³/mol. The first-order chi connectivity index (χ1) is 11.7. The van der Waals surface area contributed by atoms with Crippen molar-refractivity contribution < 1.29 is 14.3 Å². The van der Waals surface area contributed by atoms with Gasteiger partial charge in [0.2, 0.25) is 11.8 Å². The average molecular weight is 331 g/mol. The van der Waals surface area contributed by atoms with Crippen molar-refractivity contribution in [2.24, 2.45) is 0 Å². The van der Waals surface area contributed by atoms with Crippen molar-refractivity contribution in [2.75, 3.05) is 20.3 Å². The Morgan fingerprint density at radius 2 is 2.38 bits per heavy atom. The zero-order valence-corrected chi connectivity index (χ0v) is 14.4. The molecule has 1 N–H and O–H groups in total. The van der Waals surface area contributed by atoms with Crippen LogP contribution in [-0.2, 0) is 17.8 Å². The number of hydrogen-bond donors (Lipinski definition) is 1. The van der Waals surface area contributed by atoms with Gasteiger partial charge in [-0.1, -0.05) is 13.3 Å². The molecule has 0 saturated carbocycles. The Morgan fingerprint density at radius 3 is 3.17 bits per heavy atom. The molecular weight excluding hydrogens is 306 g/mol. The zero-order valence-electron chi connectivity index (χ0n) is 14.4. The van der Waals surface area contributed by atoms with Crippen LogP contribution in [0.1, 0.15) is 38.2 Å². The number of carbonyl (C=O) groups is 1. The van der Waals surface area contributed by atoms with Crippen molar-refractivity contribution in [2.45, 2.75) is 45.6 Å². The van der Waals surface area contributed by atoms with Crippen LogP contribution in [-0.4, -0.2) is 35.7 Å². The van der Waals surface area contributed by atoms with Gasteiger partial charge in [-0.25, -0.2) is 4.98 Å². The number of methoxy groups -OCH3 is 1. The molecule has 3 rings (SSSR count). The summed E-state index contributed by atoms with van der Waals surface area (Å²) in [5, 5.41) is 4.10. The topological polar surface area (TPSA) is 65.4 Å². The van der Waals surface area contributed by atoms with E-state index in [4.69, 9.17) is 9.47 Å². The number of pyridine rings is 1. The van der Waals surface area contributed by atoms with E-state index < -0.39 is 0 Å². The van der Waals surface area contributed by atoms with E-state index >= 15 is 0 Å². The summed E-state index contributed by atoms with van der Waals surface area (Å²) in [4.78, 5) is 16.1. The minimum absolute atomic E-state index is 0.120. The van der Waals surface area contributed by atoms with Crippen LogP contribution >= 0.6 is 0 Å². The molecule has 0 atom stereocenters. The Hall–Kier alpha value is -2.24. The van der Waals surface area contributed by atoms with E-state index in [1.54, 1.807) is 7.11 Å². The highest BCUT2D eigenvalue weighted by Gasteiger charge is 2.22. The molecule has 0 saturated heterocycles. The van der Waals surface area contributed by atoms with E-state index in [9.17, 15) is 4.79 Å². The number of ether oxygens (including phenoxy) is 2. The summed E-state index contributed by atoms with van der Waals surface area (Å²) in [6.07, 6.45) is 6.14. The maximum atomic E-state index is 11.8. The fourth-order valence-corrected chi connectivity index (χ4v) is 3.16. The van der Waals surface area contributed by atoms with Crippen molar-refractivity contribution >= 4 is 16.8 Å². The minimum Gasteiger partial charge on any atom is -0.481 e. The third-order valence-electron chi connectivity index (χ3n) is 4.41. The number of rotatable bonds is 7. The molecule has 1 amide bonds. The van der Waals surface area contributed by atoms with Gasteiger partial charge in [-0.15, -0.1) is 0 Å². The molecule has 2 aromatic heterocycles. The number of fused-ring (bicyclic) bond motifs is 3. The van der Waals surface area contributed by atoms with Gasteiger partial charge in [-0.3, -0.25) is 4.79 Å². The molecular formula is C18H25N3O3. The molecule has 130 valence electrons. The smallest absolute Gasteiger partial charge is 0.220 e. The lowest BCUT2D eigenvalue weighted by molar-refractivity contribution is -0.121. The fourth-order valence-electron chi connectivity index (χ4n) is 3.16. The quantitative estimate of drug-likeness (QED) is 0.847. The van der Waals surface area contributed by atoms with Gasteiger partial charge < -0.3 is 19.4 Å². The number of carbonyl (C=O) groups excluding carboxylic acids is 1. The number of aromatic nitrogens is 2. The number of nitrogens with one attached hydrogen (secondary N) is 1. The largest absolute Gasteiger partial charge is 0.481 e. The van der Waals surface area contributed by atoms with Crippen molar-refractivity contribution in [3.8, 4) is 11.8 Å². The monoisotopic (exact) mass is 331 g/mol. The molecule has 1 aliphatic rings. The molecule has 0 bridgehead atoms. The number of aryl methyl sites for hydroxylation is 1. The van der Waals surface area contributed by atoms with Gasteiger partial charge in [-0.2, -0.15) is 0 Å². The Morgan fingerprint density at radius 1 is 1.50 bits per heavy atom. The van der Waals surface area contributed by atoms with Crippen LogP contribution in [0.3, 0.4) is 0 Å². The molecule has 2 aromatic rings. The number of unbranched alkanes of at least 4 members (excludes halogenated alkanes) is 1. The highest BCUT2D eigenvalue weighted by Crippen LogP contribution is 2.35. The molecule has 0 unspecified atom stereocenters. The van der Waals surface area contributed by atoms with E-state index in [0.717, 1.165) is 61.2 Å². The van der Waals surface area contributed by atoms with Gasteiger partial charge in [0.1, 0.15) is 0 Å². The predicted octanol–water partition coefficient (Wildman–Crippen LogP) is 2.68. The summed E-state index contributed by atoms with van der Waals surface area (Å²) >= 11 is 0. The molecule has 0 aromatic carbocycles. The Labute approximate surface area is 142 Å². The SMILES string of the molecule is CCCCC(=O)NCCc1c2n(c3cnc(OC)cc13)CCCO2. The lowest BCUT2D eigenvalue weighted by Crippen LogP contribution is -2.25. The van der Waals surface area contributed by atoms with Crippen molar-refractivity contribution in [1.29, 1.82) is 0 Å². The standard InChI is InChI=1S/C18H25N3O3/c1-3-4-6-16(22)19-8-7-13-14-11-17(23-2)20-12-15(14)21-9-5-10-24-18(13)21/h11-12H,3-10H2,1-2H3,(H,19,22). The summed E-state index contributed by atoms with van der Waals surface area (Å²) < 4.78 is 13.4. The van der Waals surface area contributed by atoms with E-state index in [-0.39, 0.29) is 5.91 Å². The summed E-state index contributed by atoms with van der Waals surface area (Å²) in [6.45, 7) is 4.37. The van der Waals surface area contributed by atoms with Gasteiger partial charge in [-0.05, 0) is 19.3 Å². The van der Waals surface area contributed by atoms with Crippen LogP contribution in [0.15, 0.2) is 12.3 Å². The molecule has 0 radical (unpaired) electrons. The van der Waals surface area contributed by atoms with E-state index in [2.05, 4.69) is 21.8 Å². The highest BCUT2D eigenvalue weighted by atomic mass is 16.5. The van der Waals surface area contributed by atoms with Crippen molar-refractivity contribution in [3.63, 3.8) is 0 Å². The van der Waals surface area contributed by atoms with Crippen LogP contribution in [0.2, 0.25) is 0 Å². The second kappa shape index (κ2) is 7.55. The summed E-state index contributed by atoms with van der Waals surface area (Å²) in [6, 6.07) is 1.96. The number of amides is 1. The first-order valence-corrected chi connectivity index (χ1v) is 8.69. The summed E-state index contributed by atoms with van der Waals surface area (Å²) in [5.41, 5.74) is 2.19. The lowest BCUT2D eigenvalue weighted by atomic mass is 10.1. The second-order valence-corrected chi connectivity index (χ2v) is 6.08. The Balaban J connectivity index is 1.82. The molecule has 3 heterocycles. The van der Waals surface area contributed by atoms with Gasteiger partial charge in [0.15, 0.2) is 5.88 Å². The summed E-state index contributed by atoms with van der Waals surface area (Å²) in [5.74, 6) is 1.63. The van der Waals surface area contributed by atoms with Crippen LogP contribution in [0.4, 0.5) is 0 Å². The van der Waals surface area contributed by atoms with Gasteiger partial charge in [0.05, 0.1) is 25.4 Å². The maximum Gasteiger partial charge on any atom is 0.220 e. The molecule has 6 heteroatoms. The van der Waals surface area contributed by atoms with Crippen molar-refractivity contribution in [3.05, 3.63) is 17.8 Å². The van der Waals surface area contributed by atoms with Crippen LogP contribution in [0, 0.1) is 0 Å². The van der Waals surface area contributed by atoms with E-state index in [1.807, 2.05) is 12.3 Å². The number of hydrogen-bond acceptors (Lipinski definition) is 4. The minimum atomic E-state index is 0.120. The van der Waals surface area contributed by atoms with Gasteiger partial charge in [0, 0.05) is 36.5 Å². The van der Waals surface area contributed by atoms with Gasteiger partial charge in [0.25, 0.3) is 0 Å². The van der Waals surface area contributed by atoms with Crippen LogP contribution in [0.25, 0.3) is 10.9 Å². The van der Waals surface area contributed by atoms with E-state index in [0.29, 0.717) is 18.8 Å². The lowest BCUT2D eigenvalue weighted by Gasteiger charge is -2.18. The highest BCUT2D eigenvalue weighted by molar-refractivity contribution is 5.87. The third-order valence-corrected chi connectivity index (χ3v) is 4.41. The second-order valence-electron chi connectivity index (χ2n) is 6.08. The Bertz CT molecular complexity index is 724. The van der Waals surface area contributed by atoms with Crippen LogP contribution in [0.5, 0.6) is 11.8 Å². The fraction of sp³-hybridized carbons (Fsp3) is 0.556. The molecule has 6 nitrogen and oxygen atoms in total. The van der Waals surface area contributed by atoms with Crippen molar-refractivity contribution in [1.82, 2.24) is 14.9 Å². The molecule has 1 aliphatic heterocycles.